The van der Waals surface area contributed by atoms with Gasteiger partial charge < -0.3 is 14.5 Å². The fraction of sp³-hybridized carbons (Fsp3) is 0.278. The lowest BCUT2D eigenvalue weighted by molar-refractivity contribution is -0.146. The number of carbonyl (C=O) groups is 1. The van der Waals surface area contributed by atoms with Gasteiger partial charge in [-0.15, -0.1) is 0 Å². The van der Waals surface area contributed by atoms with Crippen LogP contribution in [0.5, 0.6) is 0 Å². The van der Waals surface area contributed by atoms with Gasteiger partial charge in [0.05, 0.1) is 6.61 Å². The minimum absolute atomic E-state index is 0.0261. The molecule has 0 saturated heterocycles. The predicted molar refractivity (Wildman–Crippen MR) is 91.8 cm³/mol. The Morgan fingerprint density at radius 1 is 1.00 bits per heavy atom. The molecule has 0 bridgehead atoms. The van der Waals surface area contributed by atoms with Gasteiger partial charge >= 0.3 is 13.6 Å². The molecule has 0 aliphatic heterocycles. The molecule has 0 aliphatic rings. The van der Waals surface area contributed by atoms with Gasteiger partial charge in [-0.3, -0.25) is 9.36 Å². The fourth-order valence-corrected chi connectivity index (χ4v) is 4.42. The van der Waals surface area contributed by atoms with E-state index >= 15 is 0 Å². The van der Waals surface area contributed by atoms with Crippen molar-refractivity contribution in [2.24, 2.45) is 0 Å². The van der Waals surface area contributed by atoms with Crippen molar-refractivity contribution in [3.63, 3.8) is 0 Å². The SMILES string of the molecule is CCOC(=O)C(c1ccccc1C)(c1ccccc1C)P(=O)(O)O. The summed E-state index contributed by atoms with van der Waals surface area (Å²) in [4.78, 5) is 33.5. The van der Waals surface area contributed by atoms with Crippen LogP contribution >= 0.6 is 7.60 Å². The summed E-state index contributed by atoms with van der Waals surface area (Å²) in [6.45, 7) is 5.07. The minimum atomic E-state index is -4.96. The first-order valence-electron chi connectivity index (χ1n) is 7.61. The molecule has 6 heteroatoms. The van der Waals surface area contributed by atoms with Gasteiger partial charge in [-0.05, 0) is 43.0 Å². The lowest BCUT2D eigenvalue weighted by Gasteiger charge is -2.35. The lowest BCUT2D eigenvalue weighted by Crippen LogP contribution is -2.40. The van der Waals surface area contributed by atoms with E-state index in [1.54, 1.807) is 69.3 Å². The summed E-state index contributed by atoms with van der Waals surface area (Å²) in [5, 5.41) is -2.18. The van der Waals surface area contributed by atoms with Crippen LogP contribution in [0, 0.1) is 13.8 Å². The summed E-state index contributed by atoms with van der Waals surface area (Å²) in [6.07, 6.45) is 0. The van der Waals surface area contributed by atoms with Crippen molar-refractivity contribution < 1.29 is 23.9 Å². The van der Waals surface area contributed by atoms with Crippen LogP contribution in [0.3, 0.4) is 0 Å². The molecule has 5 nitrogen and oxygen atoms in total. The molecule has 0 aromatic heterocycles. The number of carbonyl (C=O) groups excluding carboxylic acids is 1. The lowest BCUT2D eigenvalue weighted by atomic mass is 9.85. The molecule has 0 heterocycles. The van der Waals surface area contributed by atoms with E-state index in [4.69, 9.17) is 4.74 Å². The highest BCUT2D eigenvalue weighted by atomic mass is 31.2. The van der Waals surface area contributed by atoms with Gasteiger partial charge in [0.25, 0.3) is 0 Å². The van der Waals surface area contributed by atoms with Crippen molar-refractivity contribution in [3.8, 4) is 0 Å². The molecule has 2 aromatic rings. The van der Waals surface area contributed by atoms with E-state index in [1.807, 2.05) is 0 Å². The number of esters is 1. The largest absolute Gasteiger partial charge is 0.465 e. The number of hydrogen-bond donors (Lipinski definition) is 2. The molecule has 2 N–H and O–H groups in total. The van der Waals surface area contributed by atoms with Crippen LogP contribution in [0.2, 0.25) is 0 Å². The molecule has 128 valence electrons. The number of ether oxygens (including phenoxy) is 1. The first-order valence-corrected chi connectivity index (χ1v) is 9.23. The van der Waals surface area contributed by atoms with Gasteiger partial charge in [-0.1, -0.05) is 48.5 Å². The zero-order valence-electron chi connectivity index (χ0n) is 13.9. The normalized spacial score (nSPS) is 12.0. The maximum atomic E-state index is 12.9. The first kappa shape index (κ1) is 18.4. The number of rotatable bonds is 5. The van der Waals surface area contributed by atoms with Crippen LogP contribution in [0.1, 0.15) is 29.2 Å². The summed E-state index contributed by atoms with van der Waals surface area (Å²) < 4.78 is 17.8. The maximum Gasteiger partial charge on any atom is 0.351 e. The van der Waals surface area contributed by atoms with Gasteiger partial charge in [0, 0.05) is 0 Å². The van der Waals surface area contributed by atoms with Crippen molar-refractivity contribution in [1.29, 1.82) is 0 Å². The Morgan fingerprint density at radius 3 is 1.75 bits per heavy atom. The summed E-state index contributed by atoms with van der Waals surface area (Å²) in [6, 6.07) is 13.4. The molecular formula is C18H21O5P. The number of hydrogen-bond acceptors (Lipinski definition) is 3. The quantitative estimate of drug-likeness (QED) is 0.640. The molecule has 0 saturated carbocycles. The molecule has 0 fully saturated rings. The molecule has 2 aromatic carbocycles. The monoisotopic (exact) mass is 348 g/mol. The number of benzene rings is 2. The second-order valence-electron chi connectivity index (χ2n) is 5.60. The van der Waals surface area contributed by atoms with E-state index in [0.29, 0.717) is 11.1 Å². The summed E-state index contributed by atoms with van der Waals surface area (Å²) in [5.41, 5.74) is 1.73. The fourth-order valence-electron chi connectivity index (χ4n) is 2.99. The van der Waals surface area contributed by atoms with Crippen molar-refractivity contribution >= 4 is 13.6 Å². The summed E-state index contributed by atoms with van der Waals surface area (Å²) in [5.74, 6) is -0.943. The maximum absolute atomic E-state index is 12.9. The topological polar surface area (TPSA) is 83.8 Å². The Labute approximate surface area is 141 Å². The van der Waals surface area contributed by atoms with Crippen molar-refractivity contribution in [3.05, 3.63) is 70.8 Å². The predicted octanol–water partition coefficient (Wildman–Crippen LogP) is 3.29. The Balaban J connectivity index is 2.97. The molecule has 0 amide bonds. The van der Waals surface area contributed by atoms with Crippen LogP contribution < -0.4 is 0 Å². The molecule has 0 spiro atoms. The standard InChI is InChI=1S/C18H21O5P/c1-4-23-17(19)18(24(20,21)22,15-11-7-5-9-13(15)2)16-12-8-6-10-14(16)3/h5-12H,4H2,1-3H3,(H2,20,21,22). The van der Waals surface area contributed by atoms with Gasteiger partial charge in [-0.25, -0.2) is 0 Å². The molecule has 0 atom stereocenters. The summed E-state index contributed by atoms with van der Waals surface area (Å²) in [7, 11) is -4.96. The van der Waals surface area contributed by atoms with Crippen LogP contribution in [0.25, 0.3) is 0 Å². The summed E-state index contributed by atoms with van der Waals surface area (Å²) >= 11 is 0. The Morgan fingerprint density at radius 2 is 1.42 bits per heavy atom. The smallest absolute Gasteiger partial charge is 0.351 e. The zero-order chi connectivity index (χ0) is 18.0. The van der Waals surface area contributed by atoms with Crippen LogP contribution in [-0.4, -0.2) is 22.4 Å². The van der Waals surface area contributed by atoms with Crippen LogP contribution in [0.15, 0.2) is 48.5 Å². The molecule has 0 radical (unpaired) electrons. The van der Waals surface area contributed by atoms with Crippen LogP contribution in [-0.2, 0) is 19.3 Å². The van der Waals surface area contributed by atoms with E-state index in [2.05, 4.69) is 0 Å². The second-order valence-corrected chi connectivity index (χ2v) is 7.36. The van der Waals surface area contributed by atoms with Gasteiger partial charge in [0.2, 0.25) is 5.16 Å². The Bertz CT molecular complexity index is 748. The average Bonchev–Trinajstić information content (AvgIpc) is 2.50. The third kappa shape index (κ3) is 2.91. The molecule has 0 aliphatic carbocycles. The molecular weight excluding hydrogens is 327 g/mol. The van der Waals surface area contributed by atoms with Crippen molar-refractivity contribution in [1.82, 2.24) is 0 Å². The molecule has 0 unspecified atom stereocenters. The highest BCUT2D eigenvalue weighted by Gasteiger charge is 2.58. The van der Waals surface area contributed by atoms with Gasteiger partial charge in [0.1, 0.15) is 0 Å². The first-order chi connectivity index (χ1) is 11.3. The van der Waals surface area contributed by atoms with E-state index in [1.165, 1.54) is 0 Å². The minimum Gasteiger partial charge on any atom is -0.465 e. The second kappa shape index (κ2) is 6.89. The Hall–Kier alpha value is -1.94. The highest BCUT2D eigenvalue weighted by Crippen LogP contribution is 2.62. The average molecular weight is 348 g/mol. The molecule has 24 heavy (non-hydrogen) atoms. The van der Waals surface area contributed by atoms with E-state index < -0.39 is 18.7 Å². The van der Waals surface area contributed by atoms with E-state index in [0.717, 1.165) is 0 Å². The van der Waals surface area contributed by atoms with Gasteiger partial charge in [-0.2, -0.15) is 0 Å². The van der Waals surface area contributed by atoms with E-state index in [-0.39, 0.29) is 17.7 Å². The third-order valence-corrected chi connectivity index (χ3v) is 5.62. The van der Waals surface area contributed by atoms with Gasteiger partial charge in [0.15, 0.2) is 0 Å². The number of aryl methyl sites for hydroxylation is 2. The van der Waals surface area contributed by atoms with E-state index in [9.17, 15) is 19.1 Å². The Kier molecular flexibility index (Phi) is 5.29. The highest BCUT2D eigenvalue weighted by molar-refractivity contribution is 7.54. The molecule has 2 rings (SSSR count). The van der Waals surface area contributed by atoms with Crippen molar-refractivity contribution in [2.45, 2.75) is 25.9 Å². The van der Waals surface area contributed by atoms with Crippen LogP contribution in [0.4, 0.5) is 0 Å². The zero-order valence-corrected chi connectivity index (χ0v) is 14.8. The third-order valence-electron chi connectivity index (χ3n) is 4.08. The van der Waals surface area contributed by atoms with Crippen molar-refractivity contribution in [2.75, 3.05) is 6.61 Å².